The van der Waals surface area contributed by atoms with Gasteiger partial charge < -0.3 is 0 Å². The molecule has 10 rings (SSSR count). The molecular formula is C51H33N3. The molecule has 2 heterocycles. The van der Waals surface area contributed by atoms with Crippen LogP contribution in [-0.2, 0) is 0 Å². The third kappa shape index (κ3) is 5.88. The van der Waals surface area contributed by atoms with E-state index < -0.39 is 0 Å². The van der Waals surface area contributed by atoms with Crippen molar-refractivity contribution >= 4 is 32.3 Å². The maximum Gasteiger partial charge on any atom is 0.160 e. The van der Waals surface area contributed by atoms with E-state index in [1.807, 2.05) is 12.4 Å². The first kappa shape index (κ1) is 31.5. The molecule has 0 aliphatic rings. The summed E-state index contributed by atoms with van der Waals surface area (Å²) in [6, 6.07) is 66.6. The number of rotatable bonds is 6. The van der Waals surface area contributed by atoms with Gasteiger partial charge in [-0.25, -0.2) is 9.97 Å². The summed E-state index contributed by atoms with van der Waals surface area (Å²) in [7, 11) is 0. The number of benzene rings is 8. The van der Waals surface area contributed by atoms with Crippen LogP contribution < -0.4 is 0 Å². The summed E-state index contributed by atoms with van der Waals surface area (Å²) < 4.78 is 0. The van der Waals surface area contributed by atoms with E-state index in [1.165, 1.54) is 38.1 Å². The maximum atomic E-state index is 5.22. The zero-order valence-corrected chi connectivity index (χ0v) is 29.4. The smallest absolute Gasteiger partial charge is 0.160 e. The molecule has 0 radical (unpaired) electrons. The van der Waals surface area contributed by atoms with Crippen LogP contribution in [0.15, 0.2) is 200 Å². The highest BCUT2D eigenvalue weighted by Gasteiger charge is 2.14. The number of hydrogen-bond donors (Lipinski definition) is 0. The van der Waals surface area contributed by atoms with Crippen molar-refractivity contribution in [2.45, 2.75) is 0 Å². The molecule has 0 saturated heterocycles. The van der Waals surface area contributed by atoms with E-state index in [-0.39, 0.29) is 0 Å². The fourth-order valence-electron chi connectivity index (χ4n) is 7.54. The quantitative estimate of drug-likeness (QED) is 0.175. The topological polar surface area (TPSA) is 38.7 Å². The fraction of sp³-hybridized carbons (Fsp3) is 0. The second-order valence-electron chi connectivity index (χ2n) is 13.7. The molecule has 0 spiro atoms. The van der Waals surface area contributed by atoms with Gasteiger partial charge in [0.05, 0.1) is 11.4 Å². The lowest BCUT2D eigenvalue weighted by atomic mass is 9.96. The van der Waals surface area contributed by atoms with Gasteiger partial charge in [-0.05, 0) is 72.9 Å². The molecule has 10 aromatic rings. The Bertz CT molecular complexity index is 2970. The zero-order chi connectivity index (χ0) is 35.8. The molecule has 0 saturated carbocycles. The van der Waals surface area contributed by atoms with Crippen molar-refractivity contribution in [2.24, 2.45) is 0 Å². The summed E-state index contributed by atoms with van der Waals surface area (Å²) in [5.41, 5.74) is 11.7. The van der Waals surface area contributed by atoms with Crippen molar-refractivity contribution in [3.05, 3.63) is 200 Å². The highest BCUT2D eigenvalue weighted by atomic mass is 14.9. The van der Waals surface area contributed by atoms with Crippen LogP contribution in [0.4, 0.5) is 0 Å². The molecule has 54 heavy (non-hydrogen) atoms. The van der Waals surface area contributed by atoms with E-state index >= 15 is 0 Å². The molecule has 0 fully saturated rings. The second-order valence-corrected chi connectivity index (χ2v) is 13.7. The molecule has 0 unspecified atom stereocenters. The predicted molar refractivity (Wildman–Crippen MR) is 225 cm³/mol. The lowest BCUT2D eigenvalue weighted by Gasteiger charge is -2.12. The Balaban J connectivity index is 1.07. The second kappa shape index (κ2) is 13.4. The van der Waals surface area contributed by atoms with E-state index in [1.54, 1.807) is 0 Å². The van der Waals surface area contributed by atoms with Gasteiger partial charge in [-0.1, -0.05) is 170 Å². The Kier molecular flexibility index (Phi) is 7.81. The molecular weight excluding hydrogens is 655 g/mol. The van der Waals surface area contributed by atoms with Crippen LogP contribution >= 0.6 is 0 Å². The Labute approximate surface area is 313 Å². The van der Waals surface area contributed by atoms with E-state index in [4.69, 9.17) is 9.97 Å². The van der Waals surface area contributed by atoms with E-state index in [2.05, 4.69) is 193 Å². The molecule has 0 aliphatic carbocycles. The van der Waals surface area contributed by atoms with Gasteiger partial charge in [-0.3, -0.25) is 4.98 Å². The summed E-state index contributed by atoms with van der Waals surface area (Å²) >= 11 is 0. The van der Waals surface area contributed by atoms with Gasteiger partial charge in [0.15, 0.2) is 5.82 Å². The molecule has 3 heteroatoms. The summed E-state index contributed by atoms with van der Waals surface area (Å²) in [4.78, 5) is 14.9. The zero-order valence-electron chi connectivity index (χ0n) is 29.4. The van der Waals surface area contributed by atoms with Crippen LogP contribution in [0.2, 0.25) is 0 Å². The van der Waals surface area contributed by atoms with Crippen molar-refractivity contribution in [1.29, 1.82) is 0 Å². The minimum Gasteiger partial charge on any atom is -0.263 e. The SMILES string of the molecule is c1cc(-c2cc(-c3ccc(-c4cncc5ccccc45)cc3)nc(-c3ccc(-c4ccc5ccccc5c4)cc3)n2)cc(-c2cccc3ccccc23)c1. The highest BCUT2D eigenvalue weighted by Crippen LogP contribution is 2.35. The van der Waals surface area contributed by atoms with Crippen molar-refractivity contribution < 1.29 is 0 Å². The van der Waals surface area contributed by atoms with Crippen LogP contribution in [0.3, 0.4) is 0 Å². The lowest BCUT2D eigenvalue weighted by Crippen LogP contribution is -1.96. The molecule has 0 N–H and O–H groups in total. The molecule has 8 aromatic carbocycles. The number of fused-ring (bicyclic) bond motifs is 3. The first-order chi connectivity index (χ1) is 26.7. The van der Waals surface area contributed by atoms with Gasteiger partial charge in [0.25, 0.3) is 0 Å². The summed E-state index contributed by atoms with van der Waals surface area (Å²) in [6.07, 6.45) is 3.86. The number of hydrogen-bond acceptors (Lipinski definition) is 3. The molecule has 0 aliphatic heterocycles. The Morgan fingerprint density at radius 2 is 0.852 bits per heavy atom. The third-order valence-corrected chi connectivity index (χ3v) is 10.4. The molecule has 0 bridgehead atoms. The van der Waals surface area contributed by atoms with Crippen molar-refractivity contribution in [3.63, 3.8) is 0 Å². The summed E-state index contributed by atoms with van der Waals surface area (Å²) in [5, 5.41) is 7.23. The van der Waals surface area contributed by atoms with Crippen LogP contribution in [0.1, 0.15) is 0 Å². The molecule has 0 atom stereocenters. The van der Waals surface area contributed by atoms with E-state index in [0.29, 0.717) is 5.82 Å². The van der Waals surface area contributed by atoms with Crippen LogP contribution in [-0.4, -0.2) is 15.0 Å². The first-order valence-electron chi connectivity index (χ1n) is 18.2. The van der Waals surface area contributed by atoms with Gasteiger partial charge >= 0.3 is 0 Å². The van der Waals surface area contributed by atoms with Gasteiger partial charge in [-0.15, -0.1) is 0 Å². The third-order valence-electron chi connectivity index (χ3n) is 10.4. The fourth-order valence-corrected chi connectivity index (χ4v) is 7.54. The molecule has 2 aromatic heterocycles. The van der Waals surface area contributed by atoms with Gasteiger partial charge in [-0.2, -0.15) is 0 Å². The first-order valence-corrected chi connectivity index (χ1v) is 18.2. The molecule has 252 valence electrons. The number of aromatic nitrogens is 3. The normalized spacial score (nSPS) is 11.3. The number of pyridine rings is 1. The standard InChI is InChI=1S/C51H33N3/c1-2-11-40-29-41(28-21-34(40)9-1)35-19-26-39(27-20-35)51-53-49(38-24-22-37(23-25-38)48-33-52-32-44-12-4-6-17-47(44)48)31-50(54-51)43-15-7-14-42(30-43)46-18-8-13-36-10-3-5-16-45(36)46/h1-33H. The van der Waals surface area contributed by atoms with Crippen LogP contribution in [0.25, 0.3) is 99.6 Å². The van der Waals surface area contributed by atoms with Gasteiger partial charge in [0.2, 0.25) is 0 Å². The van der Waals surface area contributed by atoms with Crippen molar-refractivity contribution in [1.82, 2.24) is 15.0 Å². The minimum atomic E-state index is 0.686. The highest BCUT2D eigenvalue weighted by molar-refractivity contribution is 5.98. The Hall–Kier alpha value is -7.23. The summed E-state index contributed by atoms with van der Waals surface area (Å²) in [5.74, 6) is 0.686. The lowest BCUT2D eigenvalue weighted by molar-refractivity contribution is 1.18. The predicted octanol–water partition coefficient (Wildman–Crippen LogP) is 13.3. The molecule has 3 nitrogen and oxygen atoms in total. The average Bonchev–Trinajstić information content (AvgIpc) is 3.26. The Morgan fingerprint density at radius 1 is 0.278 bits per heavy atom. The maximum absolute atomic E-state index is 5.22. The van der Waals surface area contributed by atoms with Crippen LogP contribution in [0, 0.1) is 0 Å². The largest absolute Gasteiger partial charge is 0.263 e. The van der Waals surface area contributed by atoms with E-state index in [0.717, 1.165) is 55.7 Å². The number of nitrogens with zero attached hydrogens (tertiary/aromatic N) is 3. The summed E-state index contributed by atoms with van der Waals surface area (Å²) in [6.45, 7) is 0. The average molecular weight is 688 g/mol. The monoisotopic (exact) mass is 687 g/mol. The minimum absolute atomic E-state index is 0.686. The molecule has 0 amide bonds. The Morgan fingerprint density at radius 3 is 1.67 bits per heavy atom. The van der Waals surface area contributed by atoms with Crippen LogP contribution in [0.5, 0.6) is 0 Å². The van der Waals surface area contributed by atoms with E-state index in [9.17, 15) is 0 Å². The van der Waals surface area contributed by atoms with Gasteiger partial charge in [0, 0.05) is 40.0 Å². The van der Waals surface area contributed by atoms with Gasteiger partial charge in [0.1, 0.15) is 0 Å². The van der Waals surface area contributed by atoms with Crippen molar-refractivity contribution in [3.8, 4) is 67.3 Å². The van der Waals surface area contributed by atoms with Crippen molar-refractivity contribution in [2.75, 3.05) is 0 Å².